The summed E-state index contributed by atoms with van der Waals surface area (Å²) in [4.78, 5) is 0. The molecule has 2 saturated carbocycles. The smallest absolute Gasteiger partial charge is 0.0546 e. The molecular formula is C16H22O. The Bertz CT molecular complexity index is 364. The first-order chi connectivity index (χ1) is 8.33. The molecule has 1 aromatic carbocycles. The number of aliphatic hydroxyl groups is 1. The average Bonchev–Trinajstić information content (AvgIpc) is 2.28. The molecule has 3 rings (SSSR count). The van der Waals surface area contributed by atoms with Gasteiger partial charge in [-0.25, -0.2) is 0 Å². The van der Waals surface area contributed by atoms with Crippen molar-refractivity contribution in [2.45, 2.75) is 62.9 Å². The minimum absolute atomic E-state index is 0.0694. The number of hydrogen-bond donors (Lipinski definition) is 1. The SMILES string of the molecule is OC1CCCC(c2ccc(C3CCC3)cc2)C1. The van der Waals surface area contributed by atoms with E-state index < -0.39 is 0 Å². The van der Waals surface area contributed by atoms with Crippen LogP contribution in [-0.4, -0.2) is 11.2 Å². The van der Waals surface area contributed by atoms with Crippen LogP contribution < -0.4 is 0 Å². The van der Waals surface area contributed by atoms with E-state index in [0.717, 1.165) is 18.8 Å². The van der Waals surface area contributed by atoms with Crippen LogP contribution in [0.2, 0.25) is 0 Å². The molecule has 0 heterocycles. The first kappa shape index (κ1) is 11.3. The Morgan fingerprint density at radius 2 is 1.29 bits per heavy atom. The molecule has 2 fully saturated rings. The Morgan fingerprint density at radius 1 is 0.765 bits per heavy atom. The summed E-state index contributed by atoms with van der Waals surface area (Å²) in [6.45, 7) is 0. The van der Waals surface area contributed by atoms with Crippen LogP contribution in [0.4, 0.5) is 0 Å². The van der Waals surface area contributed by atoms with Crippen molar-refractivity contribution >= 4 is 0 Å². The summed E-state index contributed by atoms with van der Waals surface area (Å²) in [6, 6.07) is 9.24. The molecule has 1 N–H and O–H groups in total. The zero-order valence-electron chi connectivity index (χ0n) is 10.4. The lowest BCUT2D eigenvalue weighted by Gasteiger charge is -2.28. The first-order valence-corrected chi connectivity index (χ1v) is 7.11. The third-order valence-electron chi connectivity index (χ3n) is 4.63. The molecule has 17 heavy (non-hydrogen) atoms. The highest BCUT2D eigenvalue weighted by molar-refractivity contribution is 5.29. The summed E-state index contributed by atoms with van der Waals surface area (Å²) in [7, 11) is 0. The van der Waals surface area contributed by atoms with Gasteiger partial charge in [0.25, 0.3) is 0 Å². The molecule has 2 aliphatic rings. The zero-order chi connectivity index (χ0) is 11.7. The fourth-order valence-electron chi connectivity index (χ4n) is 3.25. The maximum atomic E-state index is 9.73. The highest BCUT2D eigenvalue weighted by Gasteiger charge is 2.23. The molecule has 92 valence electrons. The van der Waals surface area contributed by atoms with Gasteiger partial charge in [-0.1, -0.05) is 37.1 Å². The van der Waals surface area contributed by atoms with Gasteiger partial charge in [0.2, 0.25) is 0 Å². The lowest BCUT2D eigenvalue weighted by Crippen LogP contribution is -2.18. The Kier molecular flexibility index (Phi) is 3.19. The van der Waals surface area contributed by atoms with Crippen LogP contribution in [0.5, 0.6) is 0 Å². The molecule has 2 atom stereocenters. The summed E-state index contributed by atoms with van der Waals surface area (Å²) >= 11 is 0. The molecule has 0 amide bonds. The summed E-state index contributed by atoms with van der Waals surface area (Å²) < 4.78 is 0. The van der Waals surface area contributed by atoms with Crippen LogP contribution in [0, 0.1) is 0 Å². The van der Waals surface area contributed by atoms with Crippen molar-refractivity contribution in [2.75, 3.05) is 0 Å². The van der Waals surface area contributed by atoms with Crippen molar-refractivity contribution in [3.05, 3.63) is 35.4 Å². The predicted molar refractivity (Wildman–Crippen MR) is 70.2 cm³/mol. The summed E-state index contributed by atoms with van der Waals surface area (Å²) in [5, 5.41) is 9.73. The zero-order valence-corrected chi connectivity index (χ0v) is 10.4. The third kappa shape index (κ3) is 2.40. The fraction of sp³-hybridized carbons (Fsp3) is 0.625. The van der Waals surface area contributed by atoms with Gasteiger partial charge in [-0.3, -0.25) is 0 Å². The van der Waals surface area contributed by atoms with E-state index in [0.29, 0.717) is 5.92 Å². The summed E-state index contributed by atoms with van der Waals surface area (Å²) in [5.74, 6) is 1.43. The van der Waals surface area contributed by atoms with Crippen molar-refractivity contribution in [1.82, 2.24) is 0 Å². The van der Waals surface area contributed by atoms with Crippen molar-refractivity contribution in [3.63, 3.8) is 0 Å². The molecule has 1 aromatic rings. The van der Waals surface area contributed by atoms with E-state index >= 15 is 0 Å². The van der Waals surface area contributed by atoms with E-state index in [2.05, 4.69) is 24.3 Å². The van der Waals surface area contributed by atoms with Crippen LogP contribution in [0.1, 0.15) is 67.9 Å². The van der Waals surface area contributed by atoms with Gasteiger partial charge in [0.05, 0.1) is 6.10 Å². The third-order valence-corrected chi connectivity index (χ3v) is 4.63. The molecule has 0 bridgehead atoms. The normalized spacial score (nSPS) is 29.9. The highest BCUT2D eigenvalue weighted by Crippen LogP contribution is 2.38. The minimum atomic E-state index is -0.0694. The lowest BCUT2D eigenvalue weighted by molar-refractivity contribution is 0.119. The van der Waals surface area contributed by atoms with Crippen molar-refractivity contribution in [1.29, 1.82) is 0 Å². The van der Waals surface area contributed by atoms with Gasteiger partial charge in [-0.2, -0.15) is 0 Å². The van der Waals surface area contributed by atoms with Crippen LogP contribution in [0.3, 0.4) is 0 Å². The molecule has 2 aliphatic carbocycles. The van der Waals surface area contributed by atoms with Crippen molar-refractivity contribution < 1.29 is 5.11 Å². The maximum Gasteiger partial charge on any atom is 0.0546 e. The molecule has 0 radical (unpaired) electrons. The largest absolute Gasteiger partial charge is 0.393 e. The molecule has 0 saturated heterocycles. The van der Waals surface area contributed by atoms with E-state index in [1.807, 2.05) is 0 Å². The molecular weight excluding hydrogens is 208 g/mol. The highest BCUT2D eigenvalue weighted by atomic mass is 16.3. The number of aliphatic hydroxyl groups excluding tert-OH is 1. The Labute approximate surface area is 104 Å². The van der Waals surface area contributed by atoms with Gasteiger partial charge in [0, 0.05) is 0 Å². The monoisotopic (exact) mass is 230 g/mol. The van der Waals surface area contributed by atoms with Crippen LogP contribution in [0.25, 0.3) is 0 Å². The second-order valence-corrected chi connectivity index (χ2v) is 5.81. The van der Waals surface area contributed by atoms with E-state index in [1.165, 1.54) is 43.2 Å². The van der Waals surface area contributed by atoms with Gasteiger partial charge in [0.1, 0.15) is 0 Å². The van der Waals surface area contributed by atoms with E-state index in [4.69, 9.17) is 0 Å². The van der Waals surface area contributed by atoms with Gasteiger partial charge >= 0.3 is 0 Å². The topological polar surface area (TPSA) is 20.2 Å². The van der Waals surface area contributed by atoms with E-state index in [-0.39, 0.29) is 6.10 Å². The standard InChI is InChI=1S/C16H22O/c17-16-6-2-5-15(11-16)14-9-7-13(8-10-14)12-3-1-4-12/h7-10,12,15-17H,1-6,11H2. The van der Waals surface area contributed by atoms with Crippen LogP contribution in [-0.2, 0) is 0 Å². The van der Waals surface area contributed by atoms with Gasteiger partial charge in [-0.05, 0) is 55.1 Å². The molecule has 2 unspecified atom stereocenters. The molecule has 1 nitrogen and oxygen atoms in total. The Morgan fingerprint density at radius 3 is 1.82 bits per heavy atom. The lowest BCUT2D eigenvalue weighted by atomic mass is 9.78. The Hall–Kier alpha value is -0.820. The number of rotatable bonds is 2. The van der Waals surface area contributed by atoms with Crippen LogP contribution in [0.15, 0.2) is 24.3 Å². The van der Waals surface area contributed by atoms with E-state index in [9.17, 15) is 5.11 Å². The first-order valence-electron chi connectivity index (χ1n) is 7.11. The van der Waals surface area contributed by atoms with Gasteiger partial charge < -0.3 is 5.11 Å². The second kappa shape index (κ2) is 4.81. The summed E-state index contributed by atoms with van der Waals surface area (Å²) in [5.41, 5.74) is 2.96. The van der Waals surface area contributed by atoms with Crippen molar-refractivity contribution in [2.24, 2.45) is 0 Å². The minimum Gasteiger partial charge on any atom is -0.393 e. The van der Waals surface area contributed by atoms with Crippen molar-refractivity contribution in [3.8, 4) is 0 Å². The summed E-state index contributed by atoms with van der Waals surface area (Å²) in [6.07, 6.45) is 8.47. The molecule has 0 aromatic heterocycles. The molecule has 0 aliphatic heterocycles. The number of hydrogen-bond acceptors (Lipinski definition) is 1. The second-order valence-electron chi connectivity index (χ2n) is 5.81. The van der Waals surface area contributed by atoms with Gasteiger partial charge in [-0.15, -0.1) is 0 Å². The Balaban J connectivity index is 1.70. The average molecular weight is 230 g/mol. The molecule has 0 spiro atoms. The molecule has 1 heteroatoms. The van der Waals surface area contributed by atoms with Gasteiger partial charge in [0.15, 0.2) is 0 Å². The maximum absolute atomic E-state index is 9.73. The quantitative estimate of drug-likeness (QED) is 0.815. The van der Waals surface area contributed by atoms with Crippen LogP contribution >= 0.6 is 0 Å². The van der Waals surface area contributed by atoms with E-state index in [1.54, 1.807) is 0 Å². The fourth-order valence-corrected chi connectivity index (χ4v) is 3.25. The number of benzene rings is 1. The predicted octanol–water partition coefficient (Wildman–Crippen LogP) is 3.97.